The molecule has 0 unspecified atom stereocenters. The predicted octanol–water partition coefficient (Wildman–Crippen LogP) is 1.82. The molecule has 0 bridgehead atoms. The van der Waals surface area contributed by atoms with Gasteiger partial charge in [0.1, 0.15) is 11.3 Å². The molecule has 3 rings (SSSR count). The minimum absolute atomic E-state index is 0.304. The number of aryl methyl sites for hydroxylation is 1. The van der Waals surface area contributed by atoms with Crippen LogP contribution in [0.4, 0.5) is 0 Å². The molecule has 0 N–H and O–H groups in total. The lowest BCUT2D eigenvalue weighted by Crippen LogP contribution is -2.55. The van der Waals surface area contributed by atoms with Gasteiger partial charge in [0.15, 0.2) is 23.7 Å². The largest absolute Gasteiger partial charge is 0.473 e. The van der Waals surface area contributed by atoms with Crippen molar-refractivity contribution in [2.75, 3.05) is 5.75 Å². The summed E-state index contributed by atoms with van der Waals surface area (Å²) in [7, 11) is 1.87. The van der Waals surface area contributed by atoms with E-state index in [9.17, 15) is 14.4 Å². The van der Waals surface area contributed by atoms with Crippen LogP contribution in [0.5, 0.6) is 5.75 Å². The molecule has 10 heteroatoms. The standard InChI is InChI=1S/C19H22N2O7S/c1-10(22)25-15-8-29-19(18(27-12(3)24)17(15)26-11(2)23)28-14-7-5-6-13-16(14)20-9-21(13)4/h5-7,9,15,17-19H,8H2,1-4H3/t15-,17+,18-,19-/m1/s1. The first-order valence-corrected chi connectivity index (χ1v) is 10.0. The molecule has 0 radical (unpaired) electrons. The fraction of sp³-hybridized carbons (Fsp3) is 0.474. The van der Waals surface area contributed by atoms with Gasteiger partial charge in [-0.2, -0.15) is 0 Å². The highest BCUT2D eigenvalue weighted by atomic mass is 32.2. The Balaban J connectivity index is 1.92. The van der Waals surface area contributed by atoms with Gasteiger partial charge in [0, 0.05) is 33.6 Å². The van der Waals surface area contributed by atoms with Crippen molar-refractivity contribution in [2.24, 2.45) is 7.05 Å². The van der Waals surface area contributed by atoms with Crippen LogP contribution in [0.2, 0.25) is 0 Å². The topological polar surface area (TPSA) is 106 Å². The Morgan fingerprint density at radius 2 is 1.69 bits per heavy atom. The summed E-state index contributed by atoms with van der Waals surface area (Å²) < 4.78 is 24.1. The first-order chi connectivity index (χ1) is 13.8. The summed E-state index contributed by atoms with van der Waals surface area (Å²) in [6, 6.07) is 5.50. The quantitative estimate of drug-likeness (QED) is 0.527. The van der Waals surface area contributed by atoms with Gasteiger partial charge in [-0.3, -0.25) is 14.4 Å². The average molecular weight is 422 g/mol. The summed E-state index contributed by atoms with van der Waals surface area (Å²) in [6.07, 6.45) is -1.06. The molecule has 1 saturated heterocycles. The van der Waals surface area contributed by atoms with Crippen LogP contribution >= 0.6 is 11.8 Å². The molecule has 0 aliphatic carbocycles. The minimum atomic E-state index is -0.991. The molecule has 1 aliphatic rings. The number of ether oxygens (including phenoxy) is 4. The number of benzene rings is 1. The highest BCUT2D eigenvalue weighted by Crippen LogP contribution is 2.35. The average Bonchev–Trinajstić information content (AvgIpc) is 3.01. The summed E-state index contributed by atoms with van der Waals surface area (Å²) in [6.45, 7) is 3.75. The Morgan fingerprint density at radius 3 is 2.34 bits per heavy atom. The lowest BCUT2D eigenvalue weighted by atomic mass is 10.1. The van der Waals surface area contributed by atoms with Gasteiger partial charge in [-0.15, -0.1) is 11.8 Å². The molecule has 0 saturated carbocycles. The van der Waals surface area contributed by atoms with Crippen LogP contribution in [0.25, 0.3) is 11.0 Å². The van der Waals surface area contributed by atoms with Crippen molar-refractivity contribution in [2.45, 2.75) is 44.5 Å². The zero-order valence-electron chi connectivity index (χ0n) is 16.5. The van der Waals surface area contributed by atoms with Gasteiger partial charge in [-0.05, 0) is 12.1 Å². The maximum absolute atomic E-state index is 11.7. The molecular weight excluding hydrogens is 400 g/mol. The molecule has 1 fully saturated rings. The summed E-state index contributed by atoms with van der Waals surface area (Å²) in [5, 5.41) is 0. The number of carbonyl (C=O) groups is 3. The number of rotatable bonds is 5. The molecule has 1 aromatic carbocycles. The number of imidazole rings is 1. The lowest BCUT2D eigenvalue weighted by Gasteiger charge is -2.39. The summed E-state index contributed by atoms with van der Waals surface area (Å²) >= 11 is 1.30. The van der Waals surface area contributed by atoms with E-state index in [0.717, 1.165) is 5.52 Å². The molecular formula is C19H22N2O7S. The third kappa shape index (κ3) is 4.81. The van der Waals surface area contributed by atoms with Crippen molar-refractivity contribution in [1.29, 1.82) is 0 Å². The van der Waals surface area contributed by atoms with Crippen LogP contribution in [0, 0.1) is 0 Å². The monoisotopic (exact) mass is 422 g/mol. The van der Waals surface area contributed by atoms with Crippen molar-refractivity contribution in [3.8, 4) is 5.75 Å². The molecule has 2 heterocycles. The van der Waals surface area contributed by atoms with Gasteiger partial charge in [0.2, 0.25) is 0 Å². The fourth-order valence-corrected chi connectivity index (χ4v) is 4.37. The Bertz CT molecular complexity index is 928. The SMILES string of the molecule is CC(=O)O[C@@H]1[C@@H](OC(C)=O)[C@H](OC(C)=O)CS[C@H]1Oc1cccc2c1ncn2C. The summed E-state index contributed by atoms with van der Waals surface area (Å²) in [4.78, 5) is 39.2. The van der Waals surface area contributed by atoms with Crippen LogP contribution in [-0.2, 0) is 35.6 Å². The maximum atomic E-state index is 11.7. The number of hydrogen-bond acceptors (Lipinski definition) is 9. The number of aromatic nitrogens is 2. The van der Waals surface area contributed by atoms with Crippen molar-refractivity contribution >= 4 is 40.7 Å². The predicted molar refractivity (Wildman–Crippen MR) is 104 cm³/mol. The second-order valence-electron chi connectivity index (χ2n) is 6.59. The summed E-state index contributed by atoms with van der Waals surface area (Å²) in [5.74, 6) is -0.863. The zero-order valence-corrected chi connectivity index (χ0v) is 17.3. The van der Waals surface area contributed by atoms with Crippen LogP contribution in [-0.4, -0.2) is 57.0 Å². The van der Waals surface area contributed by atoms with Crippen LogP contribution in [0.1, 0.15) is 20.8 Å². The minimum Gasteiger partial charge on any atom is -0.473 e. The van der Waals surface area contributed by atoms with Crippen molar-refractivity contribution in [3.05, 3.63) is 24.5 Å². The Labute approximate surface area is 171 Å². The summed E-state index contributed by atoms with van der Waals surface area (Å²) in [5.41, 5.74) is 0.840. The Hall–Kier alpha value is -2.75. The third-order valence-corrected chi connectivity index (χ3v) is 5.48. The number of carbonyl (C=O) groups excluding carboxylic acids is 3. The molecule has 1 aliphatic heterocycles. The van der Waals surface area contributed by atoms with E-state index >= 15 is 0 Å². The van der Waals surface area contributed by atoms with E-state index < -0.39 is 41.7 Å². The number of esters is 3. The highest BCUT2D eigenvalue weighted by Gasteiger charge is 2.47. The molecule has 29 heavy (non-hydrogen) atoms. The van der Waals surface area contributed by atoms with Crippen LogP contribution in [0.3, 0.4) is 0 Å². The molecule has 2 aromatic rings. The second-order valence-corrected chi connectivity index (χ2v) is 7.73. The van der Waals surface area contributed by atoms with Crippen LogP contribution < -0.4 is 4.74 Å². The normalized spacial score (nSPS) is 24.0. The van der Waals surface area contributed by atoms with Crippen molar-refractivity contribution in [1.82, 2.24) is 9.55 Å². The number of fused-ring (bicyclic) bond motifs is 1. The van der Waals surface area contributed by atoms with E-state index in [4.69, 9.17) is 18.9 Å². The van der Waals surface area contributed by atoms with Gasteiger partial charge in [-0.1, -0.05) is 6.07 Å². The van der Waals surface area contributed by atoms with E-state index in [-0.39, 0.29) is 0 Å². The zero-order chi connectivity index (χ0) is 21.1. The number of para-hydroxylation sites is 1. The van der Waals surface area contributed by atoms with Gasteiger partial charge in [-0.25, -0.2) is 4.98 Å². The molecule has 1 aromatic heterocycles. The Morgan fingerprint density at radius 1 is 1.03 bits per heavy atom. The van der Waals surface area contributed by atoms with Crippen LogP contribution in [0.15, 0.2) is 24.5 Å². The second kappa shape index (κ2) is 8.73. The van der Waals surface area contributed by atoms with E-state index in [2.05, 4.69) is 4.98 Å². The first kappa shape index (κ1) is 21.0. The van der Waals surface area contributed by atoms with Gasteiger partial charge in [0.25, 0.3) is 0 Å². The van der Waals surface area contributed by atoms with Crippen molar-refractivity contribution in [3.63, 3.8) is 0 Å². The maximum Gasteiger partial charge on any atom is 0.303 e. The number of hydrogen-bond donors (Lipinski definition) is 0. The smallest absolute Gasteiger partial charge is 0.303 e. The molecule has 156 valence electrons. The van der Waals surface area contributed by atoms with E-state index in [1.54, 1.807) is 12.4 Å². The first-order valence-electron chi connectivity index (χ1n) is 8.96. The van der Waals surface area contributed by atoms with Gasteiger partial charge < -0.3 is 23.5 Å². The lowest BCUT2D eigenvalue weighted by molar-refractivity contribution is -0.186. The molecule has 0 amide bonds. The molecule has 9 nitrogen and oxygen atoms in total. The fourth-order valence-electron chi connectivity index (χ4n) is 3.16. The van der Waals surface area contributed by atoms with Crippen molar-refractivity contribution < 1.29 is 33.3 Å². The highest BCUT2D eigenvalue weighted by molar-refractivity contribution is 7.99. The van der Waals surface area contributed by atoms with E-state index in [1.807, 2.05) is 23.7 Å². The Kier molecular flexibility index (Phi) is 6.31. The number of nitrogens with zero attached hydrogens (tertiary/aromatic N) is 2. The molecule has 0 spiro atoms. The van der Waals surface area contributed by atoms with E-state index in [1.165, 1.54) is 32.5 Å². The van der Waals surface area contributed by atoms with Gasteiger partial charge in [0.05, 0.1) is 11.8 Å². The molecule has 4 atom stereocenters. The van der Waals surface area contributed by atoms with E-state index in [0.29, 0.717) is 17.0 Å². The number of thioether (sulfide) groups is 1. The van der Waals surface area contributed by atoms with Gasteiger partial charge >= 0.3 is 17.9 Å². The third-order valence-electron chi connectivity index (χ3n) is 4.27.